The monoisotopic (exact) mass is 425 g/mol. The molecule has 0 saturated carbocycles. The van der Waals surface area contributed by atoms with Gasteiger partial charge in [-0.3, -0.25) is 9.10 Å². The molecular weight excluding hydrogens is 390 g/mol. The van der Waals surface area contributed by atoms with Crippen LogP contribution in [0.25, 0.3) is 0 Å². The molecule has 2 rings (SSSR count). The summed E-state index contributed by atoms with van der Waals surface area (Å²) in [4.78, 5) is 14.8. The van der Waals surface area contributed by atoms with E-state index in [4.69, 9.17) is 4.74 Å². The minimum atomic E-state index is -3.58. The number of piperidine rings is 1. The predicted molar refractivity (Wildman–Crippen MR) is 117 cm³/mol. The topological polar surface area (TPSA) is 79.0 Å². The van der Waals surface area contributed by atoms with Gasteiger partial charge in [-0.2, -0.15) is 0 Å². The van der Waals surface area contributed by atoms with Crippen molar-refractivity contribution in [2.75, 3.05) is 43.3 Å². The van der Waals surface area contributed by atoms with Crippen LogP contribution in [0.2, 0.25) is 0 Å². The van der Waals surface area contributed by atoms with Gasteiger partial charge in [0.1, 0.15) is 12.3 Å². The van der Waals surface area contributed by atoms with Gasteiger partial charge >= 0.3 is 0 Å². The number of hydrogen-bond acceptors (Lipinski definition) is 5. The van der Waals surface area contributed by atoms with Crippen LogP contribution in [0, 0.1) is 5.92 Å². The summed E-state index contributed by atoms with van der Waals surface area (Å²) >= 11 is 0. The molecule has 1 aromatic rings. The quantitative estimate of drug-likeness (QED) is 0.583. The predicted octanol–water partition coefficient (Wildman–Crippen LogP) is 2.48. The van der Waals surface area contributed by atoms with Crippen molar-refractivity contribution in [2.45, 2.75) is 46.1 Å². The summed E-state index contributed by atoms with van der Waals surface area (Å²) in [5, 5.41) is 2.84. The average molecular weight is 426 g/mol. The Labute approximate surface area is 175 Å². The first-order valence-corrected chi connectivity index (χ1v) is 12.2. The van der Waals surface area contributed by atoms with E-state index in [-0.39, 0.29) is 18.6 Å². The number of benzene rings is 1. The van der Waals surface area contributed by atoms with Crippen LogP contribution >= 0.6 is 0 Å². The number of amides is 1. The summed E-state index contributed by atoms with van der Waals surface area (Å²) in [5.41, 5.74) is 0.446. The van der Waals surface area contributed by atoms with Crippen molar-refractivity contribution in [1.29, 1.82) is 0 Å². The molecule has 0 aliphatic carbocycles. The molecule has 1 aliphatic heterocycles. The Bertz CT molecular complexity index is 742. The van der Waals surface area contributed by atoms with E-state index >= 15 is 0 Å². The molecule has 0 unspecified atom stereocenters. The standard InChI is InChI=1S/C21H35N3O4S/c1-17(2)28-20-8-6-19(7-9-20)24(29(4,26)27)16-21(25)22-12-5-13-23-14-10-18(3)11-15-23/h6-9,17-18H,5,10-16H2,1-4H3,(H,22,25). The lowest BCUT2D eigenvalue weighted by atomic mass is 9.99. The van der Waals surface area contributed by atoms with Crippen LogP contribution in [-0.4, -0.2) is 64.3 Å². The Morgan fingerprint density at radius 2 is 1.86 bits per heavy atom. The third-order valence-corrected chi connectivity index (χ3v) is 6.17. The van der Waals surface area contributed by atoms with E-state index in [9.17, 15) is 13.2 Å². The van der Waals surface area contributed by atoms with Gasteiger partial charge in [-0.25, -0.2) is 8.42 Å². The molecule has 1 fully saturated rings. The van der Waals surface area contributed by atoms with E-state index in [0.717, 1.165) is 42.5 Å². The molecule has 1 aromatic carbocycles. The molecule has 0 atom stereocenters. The highest BCUT2D eigenvalue weighted by atomic mass is 32.2. The molecule has 1 N–H and O–H groups in total. The highest BCUT2D eigenvalue weighted by Gasteiger charge is 2.21. The SMILES string of the molecule is CC1CCN(CCCNC(=O)CN(c2ccc(OC(C)C)cc2)S(C)(=O)=O)CC1. The van der Waals surface area contributed by atoms with Gasteiger partial charge in [0.25, 0.3) is 0 Å². The molecule has 1 amide bonds. The fourth-order valence-corrected chi connectivity index (χ4v) is 4.22. The summed E-state index contributed by atoms with van der Waals surface area (Å²) in [6.45, 7) is 9.64. The molecule has 164 valence electrons. The van der Waals surface area contributed by atoms with Crippen molar-refractivity contribution in [3.8, 4) is 5.75 Å². The van der Waals surface area contributed by atoms with Crippen LogP contribution in [-0.2, 0) is 14.8 Å². The summed E-state index contributed by atoms with van der Waals surface area (Å²) < 4.78 is 31.1. The number of nitrogens with one attached hydrogen (secondary N) is 1. The minimum Gasteiger partial charge on any atom is -0.491 e. The molecule has 1 aliphatic rings. The van der Waals surface area contributed by atoms with Gasteiger partial charge in [0.15, 0.2) is 0 Å². The zero-order valence-corrected chi connectivity index (χ0v) is 18.9. The number of ether oxygens (including phenoxy) is 1. The lowest BCUT2D eigenvalue weighted by Gasteiger charge is -2.30. The van der Waals surface area contributed by atoms with E-state index < -0.39 is 10.0 Å². The molecule has 1 heterocycles. The number of nitrogens with zero attached hydrogens (tertiary/aromatic N) is 2. The van der Waals surface area contributed by atoms with Gasteiger partial charge in [-0.15, -0.1) is 0 Å². The van der Waals surface area contributed by atoms with Crippen molar-refractivity contribution in [3.05, 3.63) is 24.3 Å². The third kappa shape index (κ3) is 8.22. The first-order chi connectivity index (χ1) is 13.6. The molecule has 29 heavy (non-hydrogen) atoms. The molecule has 7 nitrogen and oxygen atoms in total. The summed E-state index contributed by atoms with van der Waals surface area (Å²) in [6, 6.07) is 6.74. The molecular formula is C21H35N3O4S. The Balaban J connectivity index is 1.84. The van der Waals surface area contributed by atoms with Crippen molar-refractivity contribution < 1.29 is 17.9 Å². The number of anilines is 1. The van der Waals surface area contributed by atoms with Gasteiger partial charge in [-0.05, 0) is 82.9 Å². The van der Waals surface area contributed by atoms with Crippen molar-refractivity contribution in [3.63, 3.8) is 0 Å². The van der Waals surface area contributed by atoms with Crippen molar-refractivity contribution >= 4 is 21.6 Å². The smallest absolute Gasteiger partial charge is 0.240 e. The number of sulfonamides is 1. The normalized spacial score (nSPS) is 16.0. The molecule has 1 saturated heterocycles. The van der Waals surface area contributed by atoms with E-state index in [1.54, 1.807) is 24.3 Å². The lowest BCUT2D eigenvalue weighted by Crippen LogP contribution is -2.41. The summed E-state index contributed by atoms with van der Waals surface area (Å²) in [7, 11) is -3.58. The van der Waals surface area contributed by atoms with Crippen LogP contribution < -0.4 is 14.4 Å². The minimum absolute atomic E-state index is 0.0333. The first-order valence-electron chi connectivity index (χ1n) is 10.4. The molecule has 0 radical (unpaired) electrons. The van der Waals surface area contributed by atoms with E-state index in [1.807, 2.05) is 13.8 Å². The Morgan fingerprint density at radius 3 is 2.41 bits per heavy atom. The Hall–Kier alpha value is -1.80. The van der Waals surface area contributed by atoms with E-state index in [1.165, 1.54) is 12.8 Å². The van der Waals surface area contributed by atoms with Crippen LogP contribution in [0.15, 0.2) is 24.3 Å². The average Bonchev–Trinajstić information content (AvgIpc) is 2.64. The summed E-state index contributed by atoms with van der Waals surface area (Å²) in [5.74, 6) is 1.16. The Kier molecular flexibility index (Phi) is 8.77. The van der Waals surface area contributed by atoms with Gasteiger partial charge in [0.05, 0.1) is 18.0 Å². The first kappa shape index (κ1) is 23.5. The van der Waals surface area contributed by atoms with Crippen LogP contribution in [0.1, 0.15) is 40.0 Å². The van der Waals surface area contributed by atoms with E-state index in [0.29, 0.717) is 18.0 Å². The maximum absolute atomic E-state index is 12.3. The number of carbonyl (C=O) groups is 1. The van der Waals surface area contributed by atoms with E-state index in [2.05, 4.69) is 17.1 Å². The molecule has 8 heteroatoms. The second kappa shape index (κ2) is 10.8. The zero-order valence-electron chi connectivity index (χ0n) is 18.1. The van der Waals surface area contributed by atoms with Crippen molar-refractivity contribution in [1.82, 2.24) is 10.2 Å². The molecule has 0 aromatic heterocycles. The third-order valence-electron chi connectivity index (χ3n) is 5.03. The highest BCUT2D eigenvalue weighted by Crippen LogP contribution is 2.22. The van der Waals surface area contributed by atoms with Gasteiger partial charge in [0.2, 0.25) is 15.9 Å². The maximum Gasteiger partial charge on any atom is 0.240 e. The van der Waals surface area contributed by atoms with Crippen LogP contribution in [0.5, 0.6) is 5.75 Å². The zero-order chi connectivity index (χ0) is 21.4. The number of hydrogen-bond donors (Lipinski definition) is 1. The highest BCUT2D eigenvalue weighted by molar-refractivity contribution is 7.92. The van der Waals surface area contributed by atoms with Gasteiger partial charge < -0.3 is 15.0 Å². The fraction of sp³-hybridized carbons (Fsp3) is 0.667. The maximum atomic E-state index is 12.3. The number of likely N-dealkylation sites (tertiary alicyclic amines) is 1. The second-order valence-electron chi connectivity index (χ2n) is 8.16. The Morgan fingerprint density at radius 1 is 1.24 bits per heavy atom. The van der Waals surface area contributed by atoms with Crippen LogP contribution in [0.4, 0.5) is 5.69 Å². The fourth-order valence-electron chi connectivity index (χ4n) is 3.37. The molecule has 0 spiro atoms. The summed E-state index contributed by atoms with van der Waals surface area (Å²) in [6.07, 6.45) is 4.47. The number of rotatable bonds is 10. The number of carbonyl (C=O) groups excluding carboxylic acids is 1. The molecule has 0 bridgehead atoms. The van der Waals surface area contributed by atoms with Gasteiger partial charge in [0, 0.05) is 6.54 Å². The van der Waals surface area contributed by atoms with Crippen LogP contribution in [0.3, 0.4) is 0 Å². The second-order valence-corrected chi connectivity index (χ2v) is 10.1. The largest absolute Gasteiger partial charge is 0.491 e. The van der Waals surface area contributed by atoms with Gasteiger partial charge in [-0.1, -0.05) is 6.92 Å². The lowest BCUT2D eigenvalue weighted by molar-refractivity contribution is -0.119. The van der Waals surface area contributed by atoms with Crippen molar-refractivity contribution in [2.24, 2.45) is 5.92 Å².